The molecule has 0 spiro atoms. The fourth-order valence-corrected chi connectivity index (χ4v) is 6.60. The summed E-state index contributed by atoms with van der Waals surface area (Å²) in [6.45, 7) is 0. The number of aromatic nitrogens is 3. The number of nitrogens with zero attached hydrogens (tertiary/aromatic N) is 4. The molecule has 0 aliphatic rings. The van der Waals surface area contributed by atoms with E-state index in [2.05, 4.69) is 15.0 Å². The van der Waals surface area contributed by atoms with Crippen molar-refractivity contribution in [1.82, 2.24) is 15.0 Å². The van der Waals surface area contributed by atoms with E-state index in [1.807, 2.05) is 0 Å². The van der Waals surface area contributed by atoms with E-state index in [1.165, 1.54) is 0 Å². The SMILES string of the molecule is [2H]c1c([2H])c([2H])c(-c2nc(-c3c([2H])c([2H])c([2H])c([2H])c3[2H])nc(-c3c([2H])c4c(sc5c([2H])c([2H])c([2H])c([2H])c54)c4c(N(c5c([2H])c([2H])c([2H])c([2H])c5[2H])c5c([2H])c([2H])c(-c6c([2H])c([2H])c([2H])c([2H])c6[2H])c([2H])c5[2H])c([2H])c([2H])c([2H])c34)n2)c([2H])c1[2H]. The average molecular weight is 741 g/mol. The molecule has 2 aromatic heterocycles. The summed E-state index contributed by atoms with van der Waals surface area (Å²) in [5, 5.41) is -2.56. The van der Waals surface area contributed by atoms with Crippen molar-refractivity contribution in [3.63, 3.8) is 0 Å². The zero-order valence-electron chi connectivity index (χ0n) is 58.7. The molecule has 0 aliphatic heterocycles. The zero-order valence-corrected chi connectivity index (χ0v) is 27.5. The Bertz CT molecular complexity index is 4580. The van der Waals surface area contributed by atoms with Crippen LogP contribution in [-0.2, 0) is 0 Å². The minimum Gasteiger partial charge on any atom is -0.310 e. The van der Waals surface area contributed by atoms with Crippen LogP contribution in [0.2, 0.25) is 0 Å². The number of fused-ring (bicyclic) bond motifs is 5. The third-order valence-corrected chi connectivity index (χ3v) is 8.86. The molecule has 54 heavy (non-hydrogen) atoms. The van der Waals surface area contributed by atoms with Crippen LogP contribution in [0.15, 0.2) is 193 Å². The molecule has 254 valence electrons. The van der Waals surface area contributed by atoms with Crippen LogP contribution in [0.4, 0.5) is 17.1 Å². The molecule has 0 bridgehead atoms. The third-order valence-electron chi connectivity index (χ3n) is 7.74. The minimum absolute atomic E-state index is 0.353. The highest BCUT2D eigenvalue weighted by atomic mass is 32.1. The quantitative estimate of drug-likeness (QED) is 0.163. The van der Waals surface area contributed by atoms with Crippen LogP contribution in [0.3, 0.4) is 0 Å². The van der Waals surface area contributed by atoms with Crippen LogP contribution in [0.5, 0.6) is 0 Å². The van der Waals surface area contributed by atoms with Crippen molar-refractivity contribution in [1.29, 1.82) is 0 Å². The van der Waals surface area contributed by atoms with Crippen LogP contribution in [-0.4, -0.2) is 15.0 Å². The van der Waals surface area contributed by atoms with Crippen LogP contribution in [0, 0.1) is 0 Å². The highest BCUT2D eigenvalue weighted by molar-refractivity contribution is 7.26. The van der Waals surface area contributed by atoms with E-state index in [-0.39, 0.29) is 4.70 Å². The first-order chi connectivity index (χ1) is 40.1. The second-order valence-corrected chi connectivity index (χ2v) is 11.8. The maximum absolute atomic E-state index is 10.2. The lowest BCUT2D eigenvalue weighted by molar-refractivity contribution is 1.08. The summed E-state index contributed by atoms with van der Waals surface area (Å²) in [5.41, 5.74) is -7.47. The van der Waals surface area contributed by atoms with Gasteiger partial charge in [-0.05, 0) is 58.8 Å². The molecule has 0 N–H and O–H groups in total. The van der Waals surface area contributed by atoms with Gasteiger partial charge >= 0.3 is 0 Å². The van der Waals surface area contributed by atoms with Gasteiger partial charge in [0.1, 0.15) is 0 Å². The molecule has 10 aromatic rings. The summed E-state index contributed by atoms with van der Waals surface area (Å²) in [4.78, 5) is 13.6. The number of rotatable bonds is 7. The maximum Gasteiger partial charge on any atom is 0.164 e. The van der Waals surface area contributed by atoms with Crippen LogP contribution < -0.4 is 4.90 Å². The summed E-state index contributed by atoms with van der Waals surface area (Å²) >= 11 is 0.459. The maximum atomic E-state index is 10.2. The van der Waals surface area contributed by atoms with Crippen molar-refractivity contribution >= 4 is 59.3 Å². The molecule has 0 fully saturated rings. The Hall–Kier alpha value is -6.95. The average Bonchev–Trinajstić information content (AvgIpc) is 1.30. The highest BCUT2D eigenvalue weighted by Gasteiger charge is 2.23. The molecule has 0 radical (unpaired) electrons. The summed E-state index contributed by atoms with van der Waals surface area (Å²) < 4.78 is 286. The summed E-state index contributed by atoms with van der Waals surface area (Å²) in [6.07, 6.45) is 0. The van der Waals surface area contributed by atoms with Gasteiger partial charge in [-0.2, -0.15) is 0 Å². The van der Waals surface area contributed by atoms with Gasteiger partial charge in [0.15, 0.2) is 17.5 Å². The first kappa shape index (κ1) is 12.9. The Labute approximate surface area is 362 Å². The Balaban J connectivity index is 1.52. The normalized spacial score (nSPS) is 19.6. The Morgan fingerprint density at radius 3 is 1.56 bits per heavy atom. The van der Waals surface area contributed by atoms with E-state index >= 15 is 0 Å². The van der Waals surface area contributed by atoms with Crippen LogP contribution >= 0.6 is 11.3 Å². The monoisotopic (exact) mass is 740 g/mol. The second-order valence-electron chi connectivity index (χ2n) is 10.8. The molecule has 0 amide bonds. The molecule has 0 aliphatic carbocycles. The third kappa shape index (κ3) is 5.68. The van der Waals surface area contributed by atoms with E-state index in [0.717, 1.165) is 0 Å². The van der Waals surface area contributed by atoms with Crippen molar-refractivity contribution in [3.05, 3.63) is 193 Å². The molecule has 10 rings (SSSR count). The van der Waals surface area contributed by atoms with Crippen molar-refractivity contribution in [3.8, 4) is 45.3 Å². The van der Waals surface area contributed by atoms with E-state index in [1.54, 1.807) is 0 Å². The van der Waals surface area contributed by atoms with Gasteiger partial charge in [-0.25, -0.2) is 15.0 Å². The predicted molar refractivity (Wildman–Crippen MR) is 227 cm³/mol. The van der Waals surface area contributed by atoms with Gasteiger partial charge in [-0.1, -0.05) is 151 Å². The fraction of sp³-hybridized carbons (Fsp3) is 0. The molecule has 4 nitrogen and oxygen atoms in total. The number of hydrogen-bond acceptors (Lipinski definition) is 5. The fourth-order valence-electron chi connectivity index (χ4n) is 5.49. The van der Waals surface area contributed by atoms with Gasteiger partial charge in [-0.15, -0.1) is 11.3 Å². The predicted octanol–water partition coefficient (Wildman–Crippen LogP) is 13.5. The number of hydrogen-bond donors (Lipinski definition) is 0. The first-order valence-corrected chi connectivity index (χ1v) is 16.2. The van der Waals surface area contributed by atoms with Gasteiger partial charge in [0.05, 0.1) is 49.6 Å². The number of anilines is 3. The standard InChI is InChI=1S/C49H32N4S/c1-5-16-33(17-6-1)34-28-30-38(31-29-34)53(37-22-11-4-12-23-37)43-26-15-25-40-42(32-41-39-24-13-14-27-44(39)54-46(41)45(40)43)49-51-47(35-18-7-2-8-19-35)50-48(52-49)36-20-9-3-10-21-36/h1-32H/i1D,2D,3D,4D,5D,6D,7D,8D,9D,10D,11D,12D,13D,14D,15D,16D,17D,18D,19D,20D,21D,22D,23D,24D,25D,26D,27D,28D,29D,30D,31D,32D. The molecule has 2 heterocycles. The summed E-state index contributed by atoms with van der Waals surface area (Å²) in [5.74, 6) is -2.81. The van der Waals surface area contributed by atoms with Crippen molar-refractivity contribution < 1.29 is 43.9 Å². The van der Waals surface area contributed by atoms with E-state index in [0.29, 0.717) is 16.2 Å². The largest absolute Gasteiger partial charge is 0.310 e. The van der Waals surface area contributed by atoms with Gasteiger partial charge in [0.2, 0.25) is 0 Å². The smallest absolute Gasteiger partial charge is 0.164 e. The van der Waals surface area contributed by atoms with Crippen molar-refractivity contribution in [2.24, 2.45) is 0 Å². The van der Waals surface area contributed by atoms with E-state index in [4.69, 9.17) is 28.8 Å². The second kappa shape index (κ2) is 13.6. The molecule has 0 saturated heterocycles. The highest BCUT2D eigenvalue weighted by Crippen LogP contribution is 2.48. The molecule has 5 heteroatoms. The summed E-state index contributed by atoms with van der Waals surface area (Å²) in [6, 6.07) is -32.6. The number of para-hydroxylation sites is 1. The molecule has 0 atom stereocenters. The molecule has 0 saturated carbocycles. The van der Waals surface area contributed by atoms with Crippen LogP contribution in [0.1, 0.15) is 43.9 Å². The Morgan fingerprint density at radius 1 is 0.407 bits per heavy atom. The molecular weight excluding hydrogens is 677 g/mol. The van der Waals surface area contributed by atoms with Gasteiger partial charge < -0.3 is 4.90 Å². The number of benzene rings is 8. The Morgan fingerprint density at radius 2 is 0.907 bits per heavy atom. The lowest BCUT2D eigenvalue weighted by Gasteiger charge is -2.27. The van der Waals surface area contributed by atoms with Crippen molar-refractivity contribution in [2.75, 3.05) is 4.90 Å². The zero-order chi connectivity index (χ0) is 63.7. The summed E-state index contributed by atoms with van der Waals surface area (Å²) in [7, 11) is 0. The van der Waals surface area contributed by atoms with Gasteiger partial charge in [0.25, 0.3) is 0 Å². The lowest BCUT2D eigenvalue weighted by Crippen LogP contribution is -2.10. The molecule has 8 aromatic carbocycles. The van der Waals surface area contributed by atoms with Gasteiger partial charge in [-0.3, -0.25) is 0 Å². The molecule has 0 unspecified atom stereocenters. The lowest BCUT2D eigenvalue weighted by atomic mass is 9.97. The first-order valence-electron chi connectivity index (χ1n) is 31.4. The molecular formula is C49H32N4S. The van der Waals surface area contributed by atoms with E-state index < -0.39 is 282 Å². The van der Waals surface area contributed by atoms with Crippen molar-refractivity contribution in [2.45, 2.75) is 0 Å². The minimum atomic E-state index is -1.26. The Kier molecular flexibility index (Phi) is 3.23. The van der Waals surface area contributed by atoms with Crippen LogP contribution in [0.25, 0.3) is 76.2 Å². The van der Waals surface area contributed by atoms with Gasteiger partial charge in [0, 0.05) is 53.6 Å². The topological polar surface area (TPSA) is 41.9 Å². The number of thiophene rings is 1. The van der Waals surface area contributed by atoms with E-state index in [9.17, 15) is 15.1 Å².